The van der Waals surface area contributed by atoms with Crippen LogP contribution in [0.5, 0.6) is 0 Å². The third-order valence-corrected chi connectivity index (χ3v) is 6.49. The fraction of sp³-hybridized carbons (Fsp3) is 0.481. The molecule has 0 saturated heterocycles. The number of aryl methyl sites for hydroxylation is 2. The van der Waals surface area contributed by atoms with Crippen LogP contribution in [-0.2, 0) is 28.9 Å². The Kier molecular flexibility index (Phi) is 9.74. The van der Waals surface area contributed by atoms with E-state index in [1.807, 2.05) is 0 Å². The number of carboxylic acid groups (broad SMARTS) is 1. The van der Waals surface area contributed by atoms with Crippen molar-refractivity contribution in [1.82, 2.24) is 10.6 Å². The van der Waals surface area contributed by atoms with Gasteiger partial charge in [0.2, 0.25) is 5.91 Å². The highest BCUT2D eigenvalue weighted by atomic mass is 19.1. The lowest BCUT2D eigenvalue weighted by atomic mass is 9.86. The molecule has 0 saturated carbocycles. The number of aliphatic hydroxyl groups is 1. The third-order valence-electron chi connectivity index (χ3n) is 6.49. The SMILES string of the molecule is CCc1ccc2c(c1)C(NC[C@@H](O)[C@H](Cc1cc(F)cc(F)c1)NC(=O)CCCC(=O)O)CCC2. The van der Waals surface area contributed by atoms with E-state index >= 15 is 0 Å². The summed E-state index contributed by atoms with van der Waals surface area (Å²) in [7, 11) is 0. The lowest BCUT2D eigenvalue weighted by Gasteiger charge is -2.30. The molecule has 0 heterocycles. The first-order chi connectivity index (χ1) is 16.7. The third kappa shape index (κ3) is 8.11. The topological polar surface area (TPSA) is 98.7 Å². The van der Waals surface area contributed by atoms with Gasteiger partial charge in [-0.1, -0.05) is 25.1 Å². The number of hydrogen-bond donors (Lipinski definition) is 4. The Morgan fingerprint density at radius 3 is 2.51 bits per heavy atom. The van der Waals surface area contributed by atoms with Crippen LogP contribution in [0.4, 0.5) is 8.78 Å². The monoisotopic (exact) mass is 488 g/mol. The zero-order valence-electron chi connectivity index (χ0n) is 20.0. The maximum atomic E-state index is 13.7. The molecule has 0 spiro atoms. The van der Waals surface area contributed by atoms with E-state index in [0.717, 1.165) is 31.7 Å². The van der Waals surface area contributed by atoms with Crippen molar-refractivity contribution < 1.29 is 28.6 Å². The van der Waals surface area contributed by atoms with Crippen molar-refractivity contribution in [3.05, 3.63) is 70.3 Å². The number of carbonyl (C=O) groups excluding carboxylic acids is 1. The fourth-order valence-corrected chi connectivity index (χ4v) is 4.63. The molecule has 0 fully saturated rings. The molecule has 1 aliphatic rings. The van der Waals surface area contributed by atoms with Crippen molar-refractivity contribution in [2.75, 3.05) is 6.54 Å². The minimum absolute atomic E-state index is 0.0176. The van der Waals surface area contributed by atoms with Gasteiger partial charge in [0.1, 0.15) is 11.6 Å². The minimum Gasteiger partial charge on any atom is -0.481 e. The zero-order chi connectivity index (χ0) is 25.4. The zero-order valence-corrected chi connectivity index (χ0v) is 20.0. The Labute approximate surface area is 204 Å². The van der Waals surface area contributed by atoms with Gasteiger partial charge in [-0.25, -0.2) is 8.78 Å². The van der Waals surface area contributed by atoms with Gasteiger partial charge in [-0.2, -0.15) is 0 Å². The van der Waals surface area contributed by atoms with Crippen LogP contribution in [0.2, 0.25) is 0 Å². The number of hydrogen-bond acceptors (Lipinski definition) is 4. The van der Waals surface area contributed by atoms with E-state index in [1.54, 1.807) is 0 Å². The fourth-order valence-electron chi connectivity index (χ4n) is 4.63. The molecule has 2 aromatic carbocycles. The maximum Gasteiger partial charge on any atom is 0.303 e. The summed E-state index contributed by atoms with van der Waals surface area (Å²) in [5, 5.41) is 25.9. The van der Waals surface area contributed by atoms with Crippen LogP contribution in [-0.4, -0.2) is 40.8 Å². The molecule has 1 amide bonds. The smallest absolute Gasteiger partial charge is 0.303 e. The van der Waals surface area contributed by atoms with Crippen LogP contribution >= 0.6 is 0 Å². The summed E-state index contributed by atoms with van der Waals surface area (Å²) in [6, 6.07) is 8.90. The Bertz CT molecular complexity index is 1010. The summed E-state index contributed by atoms with van der Waals surface area (Å²) in [4.78, 5) is 23.1. The number of halogens is 2. The Balaban J connectivity index is 1.69. The number of carboxylic acids is 1. The predicted molar refractivity (Wildman–Crippen MR) is 129 cm³/mol. The first-order valence-corrected chi connectivity index (χ1v) is 12.2. The summed E-state index contributed by atoms with van der Waals surface area (Å²) in [5.74, 6) is -2.87. The highest BCUT2D eigenvalue weighted by Gasteiger charge is 2.26. The molecule has 4 N–H and O–H groups in total. The highest BCUT2D eigenvalue weighted by Crippen LogP contribution is 2.30. The molecule has 3 rings (SSSR count). The molecule has 2 aromatic rings. The maximum absolute atomic E-state index is 13.7. The molecular weight excluding hydrogens is 454 g/mol. The van der Waals surface area contributed by atoms with Crippen molar-refractivity contribution in [3.8, 4) is 0 Å². The molecule has 35 heavy (non-hydrogen) atoms. The summed E-state index contributed by atoms with van der Waals surface area (Å²) in [6.07, 6.45) is 2.91. The number of rotatable bonds is 12. The van der Waals surface area contributed by atoms with Gasteiger partial charge < -0.3 is 20.8 Å². The second-order valence-electron chi connectivity index (χ2n) is 9.21. The van der Waals surface area contributed by atoms with Crippen molar-refractivity contribution in [3.63, 3.8) is 0 Å². The summed E-state index contributed by atoms with van der Waals surface area (Å²) < 4.78 is 27.4. The minimum atomic E-state index is -1.02. The van der Waals surface area contributed by atoms with E-state index in [1.165, 1.54) is 28.8 Å². The van der Waals surface area contributed by atoms with Crippen molar-refractivity contribution in [2.45, 2.75) is 76.5 Å². The van der Waals surface area contributed by atoms with Crippen LogP contribution in [0.3, 0.4) is 0 Å². The van der Waals surface area contributed by atoms with E-state index in [-0.39, 0.29) is 38.3 Å². The molecule has 0 aromatic heterocycles. The second-order valence-corrected chi connectivity index (χ2v) is 9.21. The molecule has 190 valence electrons. The largest absolute Gasteiger partial charge is 0.481 e. The molecule has 0 aliphatic heterocycles. The van der Waals surface area contributed by atoms with Crippen LogP contribution in [0.25, 0.3) is 0 Å². The summed E-state index contributed by atoms with van der Waals surface area (Å²) >= 11 is 0. The van der Waals surface area contributed by atoms with Gasteiger partial charge in [-0.3, -0.25) is 9.59 Å². The van der Waals surface area contributed by atoms with Gasteiger partial charge in [0, 0.05) is 31.5 Å². The Morgan fingerprint density at radius 2 is 1.83 bits per heavy atom. The molecular formula is C27H34F2N2O4. The van der Waals surface area contributed by atoms with E-state index in [4.69, 9.17) is 5.11 Å². The highest BCUT2D eigenvalue weighted by molar-refractivity contribution is 5.77. The van der Waals surface area contributed by atoms with Crippen LogP contribution < -0.4 is 10.6 Å². The van der Waals surface area contributed by atoms with E-state index in [2.05, 4.69) is 35.8 Å². The van der Waals surface area contributed by atoms with Gasteiger partial charge >= 0.3 is 5.97 Å². The molecule has 6 nitrogen and oxygen atoms in total. The number of nitrogens with one attached hydrogen (secondary N) is 2. The van der Waals surface area contributed by atoms with Crippen LogP contribution in [0.15, 0.2) is 36.4 Å². The van der Waals surface area contributed by atoms with E-state index in [0.29, 0.717) is 5.56 Å². The summed E-state index contributed by atoms with van der Waals surface area (Å²) in [6.45, 7) is 2.29. The van der Waals surface area contributed by atoms with Crippen molar-refractivity contribution in [1.29, 1.82) is 0 Å². The molecule has 3 atom stereocenters. The molecule has 1 unspecified atom stereocenters. The van der Waals surface area contributed by atoms with Gasteiger partial charge in [0.05, 0.1) is 12.1 Å². The van der Waals surface area contributed by atoms with Gasteiger partial charge in [0.15, 0.2) is 0 Å². The lowest BCUT2D eigenvalue weighted by Crippen LogP contribution is -2.49. The first-order valence-electron chi connectivity index (χ1n) is 12.2. The molecule has 1 aliphatic carbocycles. The Hall–Kier alpha value is -2.84. The average Bonchev–Trinajstić information content (AvgIpc) is 2.80. The normalized spacial score (nSPS) is 16.9. The van der Waals surface area contributed by atoms with Crippen LogP contribution in [0, 0.1) is 11.6 Å². The van der Waals surface area contributed by atoms with Gasteiger partial charge in [0.25, 0.3) is 0 Å². The quantitative estimate of drug-likeness (QED) is 0.364. The van der Waals surface area contributed by atoms with Crippen molar-refractivity contribution in [2.24, 2.45) is 0 Å². The predicted octanol–water partition coefficient (Wildman–Crippen LogP) is 3.84. The van der Waals surface area contributed by atoms with Crippen molar-refractivity contribution >= 4 is 11.9 Å². The summed E-state index contributed by atoms with van der Waals surface area (Å²) in [5.41, 5.74) is 4.08. The standard InChI is InChI=1S/C27H34F2N2O4/c1-2-17-9-10-19-5-3-6-23(22(19)13-17)30-16-25(32)24(31-26(33)7-4-8-27(34)35)14-18-11-20(28)15-21(29)12-18/h9-13,15,23-25,30,32H,2-8,14,16H2,1H3,(H,31,33)(H,34,35)/t23?,24-,25+/m0/s1. The van der Waals surface area contributed by atoms with E-state index in [9.17, 15) is 23.5 Å². The number of carbonyl (C=O) groups is 2. The molecule has 0 radical (unpaired) electrons. The Morgan fingerprint density at radius 1 is 1.09 bits per heavy atom. The van der Waals surface area contributed by atoms with Crippen LogP contribution in [0.1, 0.15) is 67.3 Å². The molecule has 8 heteroatoms. The van der Waals surface area contributed by atoms with Gasteiger partial charge in [-0.05, 0) is 72.9 Å². The number of benzene rings is 2. The average molecular weight is 489 g/mol. The number of fused-ring (bicyclic) bond motifs is 1. The number of aliphatic hydroxyl groups excluding tert-OH is 1. The molecule has 0 bridgehead atoms. The first kappa shape index (κ1) is 26.8. The second kappa shape index (κ2) is 12.7. The number of amides is 1. The number of aliphatic carboxylic acids is 1. The van der Waals surface area contributed by atoms with E-state index < -0.39 is 35.7 Å². The lowest BCUT2D eigenvalue weighted by molar-refractivity contribution is -0.137. The van der Waals surface area contributed by atoms with Gasteiger partial charge in [-0.15, -0.1) is 0 Å².